The molecule has 0 aliphatic rings. The molecule has 2 rings (SSSR count). The lowest BCUT2D eigenvalue weighted by molar-refractivity contribution is -0.385. The van der Waals surface area contributed by atoms with Crippen molar-refractivity contribution in [2.75, 3.05) is 13.7 Å². The molecule has 2 aromatic rings. The molecule has 24 heavy (non-hydrogen) atoms. The van der Waals surface area contributed by atoms with E-state index in [9.17, 15) is 14.9 Å². The van der Waals surface area contributed by atoms with Gasteiger partial charge in [-0.05, 0) is 46.4 Å². The third kappa shape index (κ3) is 4.82. The molecule has 0 radical (unpaired) electrons. The van der Waals surface area contributed by atoms with E-state index < -0.39 is 4.92 Å². The van der Waals surface area contributed by atoms with Crippen LogP contribution in [0.3, 0.4) is 0 Å². The van der Waals surface area contributed by atoms with Crippen molar-refractivity contribution in [2.24, 2.45) is 0 Å². The number of nitrogens with zero attached hydrogens (tertiary/aromatic N) is 1. The number of amides is 1. The van der Waals surface area contributed by atoms with E-state index in [-0.39, 0.29) is 30.5 Å². The summed E-state index contributed by atoms with van der Waals surface area (Å²) in [7, 11) is 1.37. The minimum absolute atomic E-state index is 0.127. The van der Waals surface area contributed by atoms with Gasteiger partial charge in [-0.25, -0.2) is 0 Å². The van der Waals surface area contributed by atoms with Gasteiger partial charge in [-0.3, -0.25) is 14.9 Å². The Labute approximate surface area is 152 Å². The Morgan fingerprint density at radius 1 is 1.25 bits per heavy atom. The Hall–Kier alpha value is -2.36. The largest absolute Gasteiger partial charge is 0.490 e. The summed E-state index contributed by atoms with van der Waals surface area (Å²) in [6.45, 7) is 0.0389. The second-order valence-electron chi connectivity index (χ2n) is 4.76. The van der Waals surface area contributed by atoms with E-state index in [1.165, 1.54) is 19.2 Å². The summed E-state index contributed by atoms with van der Waals surface area (Å²) in [6.07, 6.45) is 0. The van der Waals surface area contributed by atoms with Crippen molar-refractivity contribution < 1.29 is 19.2 Å². The molecule has 7 nitrogen and oxygen atoms in total. The molecule has 1 amide bonds. The first kappa shape index (κ1) is 18.0. The topological polar surface area (TPSA) is 90.7 Å². The molecule has 8 heteroatoms. The standard InChI is InChI=1S/C16H15IN2O5/c1-23-15-7-6-11(8-13(15)19(21)22)9-18-16(20)10-24-14-5-3-2-4-12(14)17/h2-8H,9-10H2,1H3,(H,18,20). The van der Waals surface area contributed by atoms with Gasteiger partial charge in [0.25, 0.3) is 5.91 Å². The number of hydrogen-bond donors (Lipinski definition) is 1. The first-order valence-electron chi connectivity index (χ1n) is 6.96. The lowest BCUT2D eigenvalue weighted by Gasteiger charge is -2.09. The van der Waals surface area contributed by atoms with E-state index in [1.807, 2.05) is 18.2 Å². The SMILES string of the molecule is COc1ccc(CNC(=O)COc2ccccc2I)cc1[N+](=O)[O-]. The molecule has 1 N–H and O–H groups in total. The third-order valence-corrected chi connectivity index (χ3v) is 4.02. The number of methoxy groups -OCH3 is 1. The van der Waals surface area contributed by atoms with Crippen molar-refractivity contribution in [3.8, 4) is 11.5 Å². The minimum Gasteiger partial charge on any atom is -0.490 e. The number of carbonyl (C=O) groups excluding carboxylic acids is 1. The summed E-state index contributed by atoms with van der Waals surface area (Å²) in [5, 5.41) is 13.6. The Morgan fingerprint density at radius 3 is 2.67 bits per heavy atom. The molecule has 0 heterocycles. The van der Waals surface area contributed by atoms with Crippen LogP contribution in [-0.2, 0) is 11.3 Å². The van der Waals surface area contributed by atoms with Gasteiger partial charge in [-0.15, -0.1) is 0 Å². The van der Waals surface area contributed by atoms with Crippen LogP contribution in [0.4, 0.5) is 5.69 Å². The van der Waals surface area contributed by atoms with Crippen molar-refractivity contribution in [3.63, 3.8) is 0 Å². The number of halogens is 1. The molecule has 0 spiro atoms. The zero-order valence-electron chi connectivity index (χ0n) is 12.8. The van der Waals surface area contributed by atoms with E-state index in [0.717, 1.165) is 3.57 Å². The maximum atomic E-state index is 11.8. The molecule has 0 aromatic heterocycles. The van der Waals surface area contributed by atoms with Crippen LogP contribution in [0, 0.1) is 13.7 Å². The first-order chi connectivity index (χ1) is 11.5. The average molecular weight is 442 g/mol. The van der Waals surface area contributed by atoms with Crippen LogP contribution < -0.4 is 14.8 Å². The minimum atomic E-state index is -0.523. The smallest absolute Gasteiger partial charge is 0.311 e. The number of ether oxygens (including phenoxy) is 2. The molecule has 0 saturated carbocycles. The molecular formula is C16H15IN2O5. The van der Waals surface area contributed by atoms with Gasteiger partial charge >= 0.3 is 5.69 Å². The zero-order chi connectivity index (χ0) is 17.5. The van der Waals surface area contributed by atoms with Crippen LogP contribution in [0.2, 0.25) is 0 Å². The van der Waals surface area contributed by atoms with E-state index in [0.29, 0.717) is 11.3 Å². The maximum absolute atomic E-state index is 11.8. The van der Waals surface area contributed by atoms with Gasteiger partial charge in [0.2, 0.25) is 0 Å². The highest BCUT2D eigenvalue weighted by Crippen LogP contribution is 2.27. The van der Waals surface area contributed by atoms with Crippen LogP contribution in [-0.4, -0.2) is 24.5 Å². The Kier molecular flexibility index (Phi) is 6.36. The molecule has 0 aliphatic carbocycles. The number of nitro groups is 1. The number of nitrogens with one attached hydrogen (secondary N) is 1. The van der Waals surface area contributed by atoms with Gasteiger partial charge in [0, 0.05) is 12.6 Å². The molecule has 0 fully saturated rings. The Balaban J connectivity index is 1.91. The summed E-state index contributed by atoms with van der Waals surface area (Å²) in [4.78, 5) is 22.3. The van der Waals surface area contributed by atoms with Crippen molar-refractivity contribution in [2.45, 2.75) is 6.54 Å². The summed E-state index contributed by atoms with van der Waals surface area (Å²) in [5.41, 5.74) is 0.462. The lowest BCUT2D eigenvalue weighted by atomic mass is 10.2. The highest BCUT2D eigenvalue weighted by atomic mass is 127. The Morgan fingerprint density at radius 2 is 2.00 bits per heavy atom. The van der Waals surface area contributed by atoms with Gasteiger partial charge in [-0.2, -0.15) is 0 Å². The molecule has 2 aromatic carbocycles. The van der Waals surface area contributed by atoms with Gasteiger partial charge in [0.05, 0.1) is 15.6 Å². The molecule has 0 unspecified atom stereocenters. The number of nitro benzene ring substituents is 1. The third-order valence-electron chi connectivity index (χ3n) is 3.13. The van der Waals surface area contributed by atoms with Crippen LogP contribution in [0.15, 0.2) is 42.5 Å². The fourth-order valence-electron chi connectivity index (χ4n) is 1.94. The second kappa shape index (κ2) is 8.48. The molecule has 0 saturated heterocycles. The summed E-state index contributed by atoms with van der Waals surface area (Å²) < 4.78 is 11.3. The second-order valence-corrected chi connectivity index (χ2v) is 5.92. The van der Waals surface area contributed by atoms with Crippen molar-refractivity contribution >= 4 is 34.2 Å². The zero-order valence-corrected chi connectivity index (χ0v) is 15.0. The van der Waals surface area contributed by atoms with Crippen LogP contribution in [0.25, 0.3) is 0 Å². The fraction of sp³-hybridized carbons (Fsp3) is 0.188. The summed E-state index contributed by atoms with van der Waals surface area (Å²) in [6, 6.07) is 11.9. The number of hydrogen-bond acceptors (Lipinski definition) is 5. The number of rotatable bonds is 7. The monoisotopic (exact) mass is 442 g/mol. The Bertz CT molecular complexity index is 751. The molecule has 0 aliphatic heterocycles. The first-order valence-corrected chi connectivity index (χ1v) is 8.04. The average Bonchev–Trinajstić information content (AvgIpc) is 2.59. The number of carbonyl (C=O) groups is 1. The molecule has 0 bridgehead atoms. The summed E-state index contributed by atoms with van der Waals surface area (Å²) >= 11 is 2.12. The highest BCUT2D eigenvalue weighted by molar-refractivity contribution is 14.1. The van der Waals surface area contributed by atoms with Crippen molar-refractivity contribution in [1.82, 2.24) is 5.32 Å². The van der Waals surface area contributed by atoms with Gasteiger partial charge in [0.15, 0.2) is 12.4 Å². The predicted octanol–water partition coefficient (Wildman–Crippen LogP) is 2.90. The van der Waals surface area contributed by atoms with E-state index in [4.69, 9.17) is 9.47 Å². The van der Waals surface area contributed by atoms with Crippen LogP contribution in [0.1, 0.15) is 5.56 Å². The summed E-state index contributed by atoms with van der Waals surface area (Å²) in [5.74, 6) is 0.499. The van der Waals surface area contributed by atoms with Gasteiger partial charge < -0.3 is 14.8 Å². The number of para-hydroxylation sites is 1. The number of benzene rings is 2. The van der Waals surface area contributed by atoms with Crippen molar-refractivity contribution in [3.05, 3.63) is 61.7 Å². The normalized spacial score (nSPS) is 10.1. The molecule has 0 atom stereocenters. The quantitative estimate of drug-likeness (QED) is 0.405. The van der Waals surface area contributed by atoms with Crippen molar-refractivity contribution in [1.29, 1.82) is 0 Å². The molecular weight excluding hydrogens is 427 g/mol. The van der Waals surface area contributed by atoms with E-state index in [1.54, 1.807) is 12.1 Å². The van der Waals surface area contributed by atoms with Gasteiger partial charge in [0.1, 0.15) is 5.75 Å². The van der Waals surface area contributed by atoms with E-state index >= 15 is 0 Å². The maximum Gasteiger partial charge on any atom is 0.311 e. The van der Waals surface area contributed by atoms with Gasteiger partial charge in [-0.1, -0.05) is 18.2 Å². The van der Waals surface area contributed by atoms with Crippen LogP contribution >= 0.6 is 22.6 Å². The molecule has 126 valence electrons. The predicted molar refractivity (Wildman–Crippen MR) is 96.1 cm³/mol. The van der Waals surface area contributed by atoms with Crippen LogP contribution in [0.5, 0.6) is 11.5 Å². The lowest BCUT2D eigenvalue weighted by Crippen LogP contribution is -2.28. The fourth-order valence-corrected chi connectivity index (χ4v) is 2.49. The van der Waals surface area contributed by atoms with E-state index in [2.05, 4.69) is 27.9 Å². The highest BCUT2D eigenvalue weighted by Gasteiger charge is 2.15.